The lowest BCUT2D eigenvalue weighted by atomic mass is 10.2. The van der Waals surface area contributed by atoms with Crippen molar-refractivity contribution in [1.29, 1.82) is 0 Å². The molecule has 0 aliphatic rings. The van der Waals surface area contributed by atoms with E-state index in [1.165, 1.54) is 9.75 Å². The van der Waals surface area contributed by atoms with E-state index in [1.807, 2.05) is 18.3 Å². The summed E-state index contributed by atoms with van der Waals surface area (Å²) in [7, 11) is 0. The smallest absolute Gasteiger partial charge is 0.0524 e. The van der Waals surface area contributed by atoms with Crippen LogP contribution in [0.3, 0.4) is 0 Å². The summed E-state index contributed by atoms with van der Waals surface area (Å²) >= 11 is 1.83. The SMILES string of the molecule is Cc1ccc(C(C)NCCC(C)O)s1. The molecule has 14 heavy (non-hydrogen) atoms. The fourth-order valence-electron chi connectivity index (χ4n) is 1.30. The maximum absolute atomic E-state index is 9.10. The summed E-state index contributed by atoms with van der Waals surface area (Å²) in [4.78, 5) is 2.72. The van der Waals surface area contributed by atoms with E-state index in [0.29, 0.717) is 6.04 Å². The number of aliphatic hydroxyl groups is 1. The highest BCUT2D eigenvalue weighted by atomic mass is 32.1. The van der Waals surface area contributed by atoms with E-state index in [-0.39, 0.29) is 6.10 Å². The molecule has 0 aromatic carbocycles. The van der Waals surface area contributed by atoms with Crippen LogP contribution in [-0.2, 0) is 0 Å². The number of nitrogens with one attached hydrogen (secondary N) is 1. The van der Waals surface area contributed by atoms with Gasteiger partial charge in [0, 0.05) is 15.8 Å². The van der Waals surface area contributed by atoms with Gasteiger partial charge < -0.3 is 10.4 Å². The molecular weight excluding hydrogens is 194 g/mol. The van der Waals surface area contributed by atoms with Crippen LogP contribution in [0.1, 0.15) is 36.1 Å². The Balaban J connectivity index is 2.32. The highest BCUT2D eigenvalue weighted by molar-refractivity contribution is 7.12. The molecule has 0 spiro atoms. The normalized spacial score (nSPS) is 15.4. The number of aliphatic hydroxyl groups excluding tert-OH is 1. The van der Waals surface area contributed by atoms with Crippen LogP contribution in [0.15, 0.2) is 12.1 Å². The second-order valence-electron chi connectivity index (χ2n) is 3.76. The van der Waals surface area contributed by atoms with Gasteiger partial charge in [0.2, 0.25) is 0 Å². The van der Waals surface area contributed by atoms with Crippen LogP contribution in [0.5, 0.6) is 0 Å². The van der Waals surface area contributed by atoms with Crippen molar-refractivity contribution in [3.63, 3.8) is 0 Å². The molecule has 0 fully saturated rings. The first-order valence-electron chi connectivity index (χ1n) is 5.07. The zero-order valence-corrected chi connectivity index (χ0v) is 9.90. The van der Waals surface area contributed by atoms with Crippen molar-refractivity contribution in [2.45, 2.75) is 39.3 Å². The van der Waals surface area contributed by atoms with Crippen LogP contribution in [-0.4, -0.2) is 17.8 Å². The third kappa shape index (κ3) is 3.78. The van der Waals surface area contributed by atoms with Crippen LogP contribution in [0.2, 0.25) is 0 Å². The summed E-state index contributed by atoms with van der Waals surface area (Å²) in [5, 5.41) is 12.5. The Morgan fingerprint density at radius 2 is 2.14 bits per heavy atom. The lowest BCUT2D eigenvalue weighted by Crippen LogP contribution is -2.21. The van der Waals surface area contributed by atoms with Gasteiger partial charge in [0.1, 0.15) is 0 Å². The van der Waals surface area contributed by atoms with Crippen LogP contribution in [0, 0.1) is 6.92 Å². The molecule has 3 heteroatoms. The Morgan fingerprint density at radius 1 is 1.43 bits per heavy atom. The van der Waals surface area contributed by atoms with Crippen molar-refractivity contribution < 1.29 is 5.11 Å². The largest absolute Gasteiger partial charge is 0.393 e. The molecule has 0 saturated heterocycles. The molecule has 0 radical (unpaired) electrons. The minimum atomic E-state index is -0.209. The predicted octanol–water partition coefficient (Wildman–Crippen LogP) is 2.48. The Hall–Kier alpha value is -0.380. The number of thiophene rings is 1. The highest BCUT2D eigenvalue weighted by Crippen LogP contribution is 2.21. The van der Waals surface area contributed by atoms with Gasteiger partial charge in [-0.1, -0.05) is 0 Å². The van der Waals surface area contributed by atoms with Crippen LogP contribution < -0.4 is 5.32 Å². The third-order valence-corrected chi connectivity index (χ3v) is 3.38. The van der Waals surface area contributed by atoms with E-state index in [2.05, 4.69) is 31.3 Å². The second-order valence-corrected chi connectivity index (χ2v) is 5.08. The molecule has 2 N–H and O–H groups in total. The van der Waals surface area contributed by atoms with Gasteiger partial charge >= 0.3 is 0 Å². The van der Waals surface area contributed by atoms with E-state index in [9.17, 15) is 0 Å². The number of hydrogen-bond acceptors (Lipinski definition) is 3. The molecular formula is C11H19NOS. The average Bonchev–Trinajstić information content (AvgIpc) is 2.51. The summed E-state index contributed by atoms with van der Waals surface area (Å²) in [5.74, 6) is 0. The van der Waals surface area contributed by atoms with Crippen LogP contribution in [0.4, 0.5) is 0 Å². The zero-order chi connectivity index (χ0) is 10.6. The van der Waals surface area contributed by atoms with E-state index < -0.39 is 0 Å². The summed E-state index contributed by atoms with van der Waals surface area (Å²) in [5.41, 5.74) is 0. The fourth-order valence-corrected chi connectivity index (χ4v) is 2.20. The van der Waals surface area contributed by atoms with Gasteiger partial charge in [-0.15, -0.1) is 11.3 Å². The van der Waals surface area contributed by atoms with Gasteiger partial charge in [0.05, 0.1) is 6.10 Å². The first kappa shape index (κ1) is 11.7. The summed E-state index contributed by atoms with van der Waals surface area (Å²) in [6.45, 7) is 6.97. The van der Waals surface area contributed by atoms with Crippen molar-refractivity contribution >= 4 is 11.3 Å². The molecule has 2 nitrogen and oxygen atoms in total. The van der Waals surface area contributed by atoms with Crippen molar-refractivity contribution in [3.05, 3.63) is 21.9 Å². The number of hydrogen-bond donors (Lipinski definition) is 2. The van der Waals surface area contributed by atoms with E-state index >= 15 is 0 Å². The zero-order valence-electron chi connectivity index (χ0n) is 9.08. The molecule has 2 atom stereocenters. The predicted molar refractivity (Wildman–Crippen MR) is 61.8 cm³/mol. The molecule has 0 aliphatic heterocycles. The second kappa shape index (κ2) is 5.49. The van der Waals surface area contributed by atoms with Gasteiger partial charge in [-0.2, -0.15) is 0 Å². The molecule has 0 bridgehead atoms. The van der Waals surface area contributed by atoms with E-state index in [4.69, 9.17) is 5.11 Å². The molecule has 1 rings (SSSR count). The molecule has 1 heterocycles. The van der Waals surface area contributed by atoms with Crippen LogP contribution >= 0.6 is 11.3 Å². The molecule has 0 aliphatic carbocycles. The van der Waals surface area contributed by atoms with Crippen LogP contribution in [0.25, 0.3) is 0 Å². The molecule has 0 saturated carbocycles. The average molecular weight is 213 g/mol. The first-order chi connectivity index (χ1) is 6.59. The minimum absolute atomic E-state index is 0.209. The summed E-state index contributed by atoms with van der Waals surface area (Å²) in [6.07, 6.45) is 0.606. The molecule has 1 aromatic heterocycles. The van der Waals surface area contributed by atoms with Crippen molar-refractivity contribution in [2.75, 3.05) is 6.54 Å². The Labute approximate surface area is 90.0 Å². The first-order valence-corrected chi connectivity index (χ1v) is 5.89. The monoisotopic (exact) mass is 213 g/mol. The summed E-state index contributed by atoms with van der Waals surface area (Å²) in [6, 6.07) is 4.71. The minimum Gasteiger partial charge on any atom is -0.393 e. The lowest BCUT2D eigenvalue weighted by molar-refractivity contribution is 0.182. The Kier molecular flexibility index (Phi) is 4.58. The standard InChI is InChI=1S/C11H19NOS/c1-8(13)6-7-12-10(3)11-5-4-9(2)14-11/h4-5,8,10,12-13H,6-7H2,1-3H3. The lowest BCUT2D eigenvalue weighted by Gasteiger charge is -2.12. The van der Waals surface area contributed by atoms with Crippen molar-refractivity contribution in [1.82, 2.24) is 5.32 Å². The molecule has 1 aromatic rings. The number of aryl methyl sites for hydroxylation is 1. The molecule has 2 unspecified atom stereocenters. The Morgan fingerprint density at radius 3 is 2.64 bits per heavy atom. The van der Waals surface area contributed by atoms with Gasteiger partial charge in [-0.05, 0) is 45.9 Å². The van der Waals surface area contributed by atoms with Crippen molar-refractivity contribution in [3.8, 4) is 0 Å². The van der Waals surface area contributed by atoms with E-state index in [0.717, 1.165) is 13.0 Å². The topological polar surface area (TPSA) is 32.3 Å². The van der Waals surface area contributed by atoms with E-state index in [1.54, 1.807) is 0 Å². The number of rotatable bonds is 5. The molecule has 80 valence electrons. The van der Waals surface area contributed by atoms with Gasteiger partial charge in [0.15, 0.2) is 0 Å². The quantitative estimate of drug-likeness (QED) is 0.787. The maximum Gasteiger partial charge on any atom is 0.0524 e. The van der Waals surface area contributed by atoms with Gasteiger partial charge in [-0.25, -0.2) is 0 Å². The molecule has 0 amide bonds. The summed E-state index contributed by atoms with van der Waals surface area (Å²) < 4.78 is 0. The maximum atomic E-state index is 9.10. The van der Waals surface area contributed by atoms with Gasteiger partial charge in [0.25, 0.3) is 0 Å². The highest BCUT2D eigenvalue weighted by Gasteiger charge is 2.06. The van der Waals surface area contributed by atoms with Gasteiger partial charge in [-0.3, -0.25) is 0 Å². The Bertz CT molecular complexity index is 270. The van der Waals surface area contributed by atoms with Crippen molar-refractivity contribution in [2.24, 2.45) is 0 Å². The third-order valence-electron chi connectivity index (χ3n) is 2.20. The fraction of sp³-hybridized carbons (Fsp3) is 0.636.